The number of nitrogens with zero attached hydrogens (tertiary/aromatic N) is 4. The molecule has 3 aliphatic heterocycles. The molecule has 4 heterocycles. The summed E-state index contributed by atoms with van der Waals surface area (Å²) < 4.78 is 0. The van der Waals surface area contributed by atoms with Gasteiger partial charge in [0, 0.05) is 32.2 Å². The van der Waals surface area contributed by atoms with E-state index in [2.05, 4.69) is 32.1 Å². The minimum atomic E-state index is 0.734. The van der Waals surface area contributed by atoms with E-state index in [1.807, 2.05) is 6.92 Å². The second-order valence-corrected chi connectivity index (χ2v) is 6.93. The summed E-state index contributed by atoms with van der Waals surface area (Å²) in [5.74, 6) is 2.89. The van der Waals surface area contributed by atoms with E-state index in [9.17, 15) is 0 Å². The maximum Gasteiger partial charge on any atom is 0.151 e. The molecule has 20 heavy (non-hydrogen) atoms. The zero-order valence-electron chi connectivity index (χ0n) is 12.3. The van der Waals surface area contributed by atoms with Gasteiger partial charge in [-0.15, -0.1) is 5.10 Å². The number of fused-ring (bicyclic) bond motifs is 4. The van der Waals surface area contributed by atoms with Crippen molar-refractivity contribution in [1.29, 1.82) is 0 Å². The Hall–Kier alpha value is -1.16. The average Bonchev–Trinajstić information content (AvgIpc) is 3.27. The largest absolute Gasteiger partial charge is 0.353 e. The molecule has 4 heteroatoms. The van der Waals surface area contributed by atoms with Crippen LogP contribution < -0.4 is 4.90 Å². The van der Waals surface area contributed by atoms with Gasteiger partial charge >= 0.3 is 0 Å². The third-order valence-electron chi connectivity index (χ3n) is 5.12. The van der Waals surface area contributed by atoms with Crippen LogP contribution in [0, 0.1) is 18.8 Å². The molecule has 5 rings (SSSR count). The van der Waals surface area contributed by atoms with Gasteiger partial charge in [0.25, 0.3) is 0 Å². The average molecular weight is 272 g/mol. The molecule has 0 aromatic carbocycles. The Morgan fingerprint density at radius 1 is 1.05 bits per heavy atom. The Morgan fingerprint density at radius 3 is 2.70 bits per heavy atom. The number of hydrogen-bond donors (Lipinski definition) is 0. The molecule has 0 radical (unpaired) electrons. The van der Waals surface area contributed by atoms with E-state index in [1.54, 1.807) is 0 Å². The lowest BCUT2D eigenvalue weighted by molar-refractivity contribution is 0.128. The predicted octanol–water partition coefficient (Wildman–Crippen LogP) is 2.10. The monoisotopic (exact) mass is 272 g/mol. The van der Waals surface area contributed by atoms with E-state index in [0.717, 1.165) is 42.5 Å². The zero-order valence-corrected chi connectivity index (χ0v) is 12.3. The first-order valence-corrected chi connectivity index (χ1v) is 8.07. The van der Waals surface area contributed by atoms with Crippen LogP contribution >= 0.6 is 0 Å². The Labute approximate surface area is 121 Å². The smallest absolute Gasteiger partial charge is 0.151 e. The molecule has 1 saturated carbocycles. The molecule has 0 amide bonds. The van der Waals surface area contributed by atoms with Crippen molar-refractivity contribution in [3.8, 4) is 0 Å². The van der Waals surface area contributed by atoms with E-state index in [-0.39, 0.29) is 0 Å². The normalized spacial score (nSPS) is 30.6. The maximum absolute atomic E-state index is 4.40. The first kappa shape index (κ1) is 12.6. The molecule has 4 aliphatic rings. The lowest BCUT2D eigenvalue weighted by Gasteiger charge is -2.36. The van der Waals surface area contributed by atoms with Crippen LogP contribution in [0.25, 0.3) is 0 Å². The van der Waals surface area contributed by atoms with Crippen molar-refractivity contribution >= 4 is 5.82 Å². The topological polar surface area (TPSA) is 32.3 Å². The van der Waals surface area contributed by atoms with Gasteiger partial charge < -0.3 is 4.90 Å². The molecular weight excluding hydrogens is 248 g/mol. The molecule has 3 saturated heterocycles. The number of hydrogen-bond acceptors (Lipinski definition) is 4. The van der Waals surface area contributed by atoms with Gasteiger partial charge in [-0.05, 0) is 56.6 Å². The SMILES string of the molecule is Cc1ccc(N2C[C@@H]3CC[C@H](C2)N(CC2CC2)C3)nn1. The van der Waals surface area contributed by atoms with Crippen molar-refractivity contribution in [2.75, 3.05) is 31.1 Å². The summed E-state index contributed by atoms with van der Waals surface area (Å²) in [5, 5.41) is 8.62. The molecule has 0 unspecified atom stereocenters. The fraction of sp³-hybridized carbons (Fsp3) is 0.750. The van der Waals surface area contributed by atoms with Crippen LogP contribution in [0.4, 0.5) is 5.82 Å². The van der Waals surface area contributed by atoms with Gasteiger partial charge in [-0.25, -0.2) is 0 Å². The van der Waals surface area contributed by atoms with Gasteiger partial charge in [0.15, 0.2) is 5.82 Å². The van der Waals surface area contributed by atoms with E-state index < -0.39 is 0 Å². The summed E-state index contributed by atoms with van der Waals surface area (Å²) in [7, 11) is 0. The Morgan fingerprint density at radius 2 is 1.95 bits per heavy atom. The van der Waals surface area contributed by atoms with Crippen LogP contribution in [0.2, 0.25) is 0 Å². The van der Waals surface area contributed by atoms with Gasteiger partial charge in [0.2, 0.25) is 0 Å². The van der Waals surface area contributed by atoms with Gasteiger partial charge in [-0.1, -0.05) is 0 Å². The quantitative estimate of drug-likeness (QED) is 0.843. The summed E-state index contributed by atoms with van der Waals surface area (Å²) in [6.45, 7) is 6.95. The highest BCUT2D eigenvalue weighted by atomic mass is 15.3. The molecule has 2 atom stereocenters. The van der Waals surface area contributed by atoms with Crippen molar-refractivity contribution in [2.45, 2.75) is 38.6 Å². The number of rotatable bonds is 3. The highest BCUT2D eigenvalue weighted by molar-refractivity contribution is 5.38. The van der Waals surface area contributed by atoms with E-state index in [4.69, 9.17) is 0 Å². The number of aryl methyl sites for hydroxylation is 1. The number of piperidine rings is 1. The Bertz CT molecular complexity index is 468. The van der Waals surface area contributed by atoms with Crippen molar-refractivity contribution < 1.29 is 0 Å². The standard InChI is InChI=1S/C16H24N4/c1-12-2-7-16(18-17-12)20-10-14-5-6-15(11-20)19(9-14)8-13-3-4-13/h2,7,13-15H,3-6,8-11H2,1H3/t14-,15-/m1/s1. The first-order chi connectivity index (χ1) is 9.78. The van der Waals surface area contributed by atoms with Crippen LogP contribution in [0.5, 0.6) is 0 Å². The van der Waals surface area contributed by atoms with Gasteiger partial charge in [-0.2, -0.15) is 5.10 Å². The van der Waals surface area contributed by atoms with Crippen LogP contribution in [0.3, 0.4) is 0 Å². The Kier molecular flexibility index (Phi) is 3.14. The summed E-state index contributed by atoms with van der Waals surface area (Å²) in [6, 6.07) is 4.95. The second-order valence-electron chi connectivity index (χ2n) is 6.93. The molecule has 1 aromatic rings. The summed E-state index contributed by atoms with van der Waals surface area (Å²) in [4.78, 5) is 5.25. The van der Waals surface area contributed by atoms with E-state index in [0.29, 0.717) is 0 Å². The Balaban J connectivity index is 1.51. The van der Waals surface area contributed by atoms with E-state index in [1.165, 1.54) is 38.8 Å². The minimum absolute atomic E-state index is 0.734. The van der Waals surface area contributed by atoms with Crippen molar-refractivity contribution in [2.24, 2.45) is 11.8 Å². The van der Waals surface area contributed by atoms with Crippen molar-refractivity contribution in [3.05, 3.63) is 17.8 Å². The molecule has 4 nitrogen and oxygen atoms in total. The van der Waals surface area contributed by atoms with Crippen LogP contribution in [-0.4, -0.2) is 47.3 Å². The fourth-order valence-electron chi connectivity index (χ4n) is 3.78. The van der Waals surface area contributed by atoms with Crippen molar-refractivity contribution in [1.82, 2.24) is 15.1 Å². The van der Waals surface area contributed by atoms with Crippen molar-refractivity contribution in [3.63, 3.8) is 0 Å². The van der Waals surface area contributed by atoms with E-state index >= 15 is 0 Å². The van der Waals surface area contributed by atoms with Gasteiger partial charge in [-0.3, -0.25) is 4.90 Å². The van der Waals surface area contributed by atoms with Crippen LogP contribution in [0.1, 0.15) is 31.4 Å². The molecule has 0 spiro atoms. The van der Waals surface area contributed by atoms with Crippen LogP contribution in [0.15, 0.2) is 12.1 Å². The highest BCUT2D eigenvalue weighted by Gasteiger charge is 2.37. The second kappa shape index (κ2) is 4.99. The molecule has 2 bridgehead atoms. The summed E-state index contributed by atoms with van der Waals surface area (Å²) in [5.41, 5.74) is 1.00. The molecule has 0 N–H and O–H groups in total. The molecule has 1 aliphatic carbocycles. The van der Waals surface area contributed by atoms with Gasteiger partial charge in [0.05, 0.1) is 5.69 Å². The molecule has 1 aromatic heterocycles. The third kappa shape index (κ3) is 2.53. The van der Waals surface area contributed by atoms with Crippen LogP contribution in [-0.2, 0) is 0 Å². The number of anilines is 1. The zero-order chi connectivity index (χ0) is 13.5. The minimum Gasteiger partial charge on any atom is -0.353 e. The number of aromatic nitrogens is 2. The highest BCUT2D eigenvalue weighted by Crippen LogP contribution is 2.35. The fourth-order valence-corrected chi connectivity index (χ4v) is 3.78. The first-order valence-electron chi connectivity index (χ1n) is 8.07. The molecule has 108 valence electrons. The lowest BCUT2D eigenvalue weighted by atomic mass is 9.95. The predicted molar refractivity (Wildman–Crippen MR) is 79.8 cm³/mol. The van der Waals surface area contributed by atoms with Gasteiger partial charge in [0.1, 0.15) is 0 Å². The maximum atomic E-state index is 4.40. The third-order valence-corrected chi connectivity index (χ3v) is 5.12. The summed E-state index contributed by atoms with van der Waals surface area (Å²) in [6.07, 6.45) is 5.68. The molecular formula is C16H24N4. The molecule has 4 fully saturated rings. The lowest BCUT2D eigenvalue weighted by Crippen LogP contribution is -2.44. The summed E-state index contributed by atoms with van der Waals surface area (Å²) >= 11 is 0.